The zero-order valence-electron chi connectivity index (χ0n) is 16.6. The maximum Gasteiger partial charge on any atom is 0.307 e. The normalized spacial score (nSPS) is 39.4. The molecular weight excluding hydrogens is 376 g/mol. The van der Waals surface area contributed by atoms with Crippen LogP contribution in [0.1, 0.15) is 57.4 Å². The second-order valence-electron chi connectivity index (χ2n) is 9.08. The van der Waals surface area contributed by atoms with Crippen molar-refractivity contribution in [1.29, 1.82) is 0 Å². The highest BCUT2D eigenvalue weighted by molar-refractivity contribution is 5.93. The molecule has 0 amide bonds. The van der Waals surface area contributed by atoms with Gasteiger partial charge in [0.25, 0.3) is 0 Å². The number of esters is 1. The van der Waals surface area contributed by atoms with Gasteiger partial charge in [0.2, 0.25) is 0 Å². The molecule has 1 aromatic heterocycles. The van der Waals surface area contributed by atoms with Gasteiger partial charge < -0.3 is 14.3 Å². The Bertz CT molecular complexity index is 841. The molecule has 156 valence electrons. The first kappa shape index (κ1) is 19.9. The van der Waals surface area contributed by atoms with Crippen LogP contribution in [-0.4, -0.2) is 34.7 Å². The lowest BCUT2D eigenvalue weighted by Crippen LogP contribution is -2.60. The average molecular weight is 402 g/mol. The predicted octanol–water partition coefficient (Wildman–Crippen LogP) is 2.98. The van der Waals surface area contributed by atoms with E-state index >= 15 is 0 Å². The van der Waals surface area contributed by atoms with E-state index in [-0.39, 0.29) is 35.7 Å². The van der Waals surface area contributed by atoms with Crippen LogP contribution in [0.25, 0.3) is 0 Å². The smallest absolute Gasteiger partial charge is 0.307 e. The van der Waals surface area contributed by atoms with Crippen LogP contribution >= 0.6 is 0 Å². The molecule has 3 aliphatic rings. The molecule has 7 atom stereocenters. The van der Waals surface area contributed by atoms with Gasteiger partial charge in [-0.1, -0.05) is 6.92 Å². The highest BCUT2D eigenvalue weighted by atomic mass is 16.5. The number of ether oxygens (including phenoxy) is 1. The Morgan fingerprint density at radius 3 is 2.66 bits per heavy atom. The summed E-state index contributed by atoms with van der Waals surface area (Å²) in [4.78, 5) is 50.0. The second kappa shape index (κ2) is 7.11. The van der Waals surface area contributed by atoms with Crippen molar-refractivity contribution in [2.75, 3.05) is 0 Å². The van der Waals surface area contributed by atoms with Gasteiger partial charge in [0, 0.05) is 31.6 Å². The molecule has 0 saturated heterocycles. The van der Waals surface area contributed by atoms with E-state index in [4.69, 9.17) is 9.15 Å². The molecular formula is C22H26O7. The molecule has 7 heteroatoms. The Balaban J connectivity index is 1.73. The number of hydrogen-bond donors (Lipinski definition) is 1. The first-order valence-corrected chi connectivity index (χ1v) is 10.2. The number of carbonyl (C=O) groups excluding carboxylic acids is 3. The van der Waals surface area contributed by atoms with E-state index in [0.29, 0.717) is 25.7 Å². The molecule has 7 nitrogen and oxygen atoms in total. The Morgan fingerprint density at radius 2 is 2.03 bits per heavy atom. The average Bonchev–Trinajstić information content (AvgIpc) is 3.17. The Morgan fingerprint density at radius 1 is 1.28 bits per heavy atom. The molecule has 0 aromatic carbocycles. The van der Waals surface area contributed by atoms with Crippen molar-refractivity contribution in [1.82, 2.24) is 0 Å². The summed E-state index contributed by atoms with van der Waals surface area (Å²) >= 11 is 0. The molecule has 6 unspecified atom stereocenters. The van der Waals surface area contributed by atoms with Gasteiger partial charge in [0.1, 0.15) is 5.78 Å². The fourth-order valence-corrected chi connectivity index (χ4v) is 6.24. The van der Waals surface area contributed by atoms with Crippen LogP contribution in [-0.2, 0) is 23.9 Å². The molecule has 0 bridgehead atoms. The van der Waals surface area contributed by atoms with Crippen LogP contribution in [0.5, 0.6) is 0 Å². The summed E-state index contributed by atoms with van der Waals surface area (Å²) < 4.78 is 10.4. The van der Waals surface area contributed by atoms with Crippen molar-refractivity contribution in [2.24, 2.45) is 29.1 Å². The molecule has 3 aliphatic carbocycles. The largest absolute Gasteiger partial charge is 0.481 e. The minimum absolute atomic E-state index is 0.00274. The SMILES string of the molecule is CC(=O)OC1CC(C(=O)O)[C@]2(C)CCC3C(=O)CC(c4ccoc4)CC3C2C1=O. The van der Waals surface area contributed by atoms with E-state index in [0.717, 1.165) is 5.56 Å². The lowest BCUT2D eigenvalue weighted by atomic mass is 9.46. The number of aliphatic carboxylic acids is 1. The Labute approximate surface area is 168 Å². The zero-order valence-corrected chi connectivity index (χ0v) is 16.6. The third-order valence-electron chi connectivity index (χ3n) is 7.56. The molecule has 1 heterocycles. The predicted molar refractivity (Wildman–Crippen MR) is 99.8 cm³/mol. The van der Waals surface area contributed by atoms with Gasteiger partial charge in [-0.25, -0.2) is 0 Å². The van der Waals surface area contributed by atoms with E-state index in [1.165, 1.54) is 6.92 Å². The van der Waals surface area contributed by atoms with Gasteiger partial charge in [-0.2, -0.15) is 0 Å². The molecule has 0 radical (unpaired) electrons. The third kappa shape index (κ3) is 3.20. The number of furan rings is 1. The summed E-state index contributed by atoms with van der Waals surface area (Å²) in [7, 11) is 0. The minimum Gasteiger partial charge on any atom is -0.481 e. The van der Waals surface area contributed by atoms with E-state index in [1.807, 2.05) is 13.0 Å². The van der Waals surface area contributed by atoms with Crippen LogP contribution in [0.4, 0.5) is 0 Å². The van der Waals surface area contributed by atoms with Gasteiger partial charge in [-0.05, 0) is 48.1 Å². The second-order valence-corrected chi connectivity index (χ2v) is 9.08. The Hall–Kier alpha value is -2.44. The molecule has 29 heavy (non-hydrogen) atoms. The molecule has 1 N–H and O–H groups in total. The number of carbonyl (C=O) groups is 4. The summed E-state index contributed by atoms with van der Waals surface area (Å²) in [5.41, 5.74) is 0.179. The monoisotopic (exact) mass is 402 g/mol. The lowest BCUT2D eigenvalue weighted by Gasteiger charge is -2.56. The molecule has 1 aromatic rings. The number of carboxylic acid groups (broad SMARTS) is 1. The quantitative estimate of drug-likeness (QED) is 0.774. The summed E-state index contributed by atoms with van der Waals surface area (Å²) in [5.74, 6) is -3.62. The van der Waals surface area contributed by atoms with Gasteiger partial charge >= 0.3 is 11.9 Å². The molecule has 0 spiro atoms. The van der Waals surface area contributed by atoms with Crippen molar-refractivity contribution < 1.29 is 33.4 Å². The van der Waals surface area contributed by atoms with Crippen LogP contribution in [0.15, 0.2) is 23.0 Å². The van der Waals surface area contributed by atoms with E-state index in [2.05, 4.69) is 0 Å². The highest BCUT2D eigenvalue weighted by Gasteiger charge is 2.62. The maximum absolute atomic E-state index is 13.4. The lowest BCUT2D eigenvalue weighted by molar-refractivity contribution is -0.182. The number of ketones is 2. The van der Waals surface area contributed by atoms with Crippen molar-refractivity contribution in [3.05, 3.63) is 24.2 Å². The van der Waals surface area contributed by atoms with Crippen molar-refractivity contribution in [2.45, 2.75) is 58.0 Å². The maximum atomic E-state index is 13.4. The number of Topliss-reactive ketones (excluding diaryl/α,β-unsaturated/α-hetero) is 2. The van der Waals surface area contributed by atoms with Crippen molar-refractivity contribution in [3.63, 3.8) is 0 Å². The Kier molecular flexibility index (Phi) is 4.87. The summed E-state index contributed by atoms with van der Waals surface area (Å²) in [6.45, 7) is 3.08. The summed E-state index contributed by atoms with van der Waals surface area (Å²) in [5, 5.41) is 9.90. The van der Waals surface area contributed by atoms with E-state index in [1.54, 1.807) is 12.5 Å². The van der Waals surface area contributed by atoms with Gasteiger partial charge in [0.15, 0.2) is 11.9 Å². The first-order chi connectivity index (χ1) is 13.7. The van der Waals surface area contributed by atoms with E-state index < -0.39 is 35.3 Å². The number of fused-ring (bicyclic) bond motifs is 3. The summed E-state index contributed by atoms with van der Waals surface area (Å²) in [6, 6.07) is 1.84. The highest BCUT2D eigenvalue weighted by Crippen LogP contribution is 2.59. The minimum atomic E-state index is -1.06. The first-order valence-electron chi connectivity index (χ1n) is 10.2. The molecule has 0 aliphatic heterocycles. The fourth-order valence-electron chi connectivity index (χ4n) is 6.24. The number of hydrogen-bond acceptors (Lipinski definition) is 6. The number of carboxylic acids is 1. The third-order valence-corrected chi connectivity index (χ3v) is 7.56. The van der Waals surface area contributed by atoms with Crippen LogP contribution in [0, 0.1) is 29.1 Å². The zero-order chi connectivity index (χ0) is 20.9. The van der Waals surface area contributed by atoms with Crippen molar-refractivity contribution in [3.8, 4) is 0 Å². The van der Waals surface area contributed by atoms with Crippen LogP contribution < -0.4 is 0 Å². The van der Waals surface area contributed by atoms with Gasteiger partial charge in [-0.15, -0.1) is 0 Å². The fraction of sp³-hybridized carbons (Fsp3) is 0.636. The van der Waals surface area contributed by atoms with Crippen LogP contribution in [0.2, 0.25) is 0 Å². The van der Waals surface area contributed by atoms with Gasteiger partial charge in [0.05, 0.1) is 18.4 Å². The van der Waals surface area contributed by atoms with Crippen LogP contribution in [0.3, 0.4) is 0 Å². The molecule has 4 rings (SSSR count). The molecule has 3 saturated carbocycles. The number of rotatable bonds is 3. The topological polar surface area (TPSA) is 111 Å². The summed E-state index contributed by atoms with van der Waals surface area (Å²) in [6.07, 6.45) is 4.28. The molecule has 3 fully saturated rings. The van der Waals surface area contributed by atoms with Crippen molar-refractivity contribution >= 4 is 23.5 Å². The van der Waals surface area contributed by atoms with E-state index in [9.17, 15) is 24.3 Å². The standard InChI is InChI=1S/C22H26O7/c1-11(23)29-18-9-16(21(26)27)22(2)5-3-14-15(19(22)20(18)25)7-13(8-17(14)24)12-4-6-28-10-12/h4,6,10,13-16,18-19H,3,5,7-9H2,1-2H3,(H,26,27)/t13?,14?,15?,16?,18?,19?,22-/m0/s1. The van der Waals surface area contributed by atoms with Gasteiger partial charge in [-0.3, -0.25) is 19.2 Å².